The zero-order chi connectivity index (χ0) is 12.5. The van der Waals surface area contributed by atoms with E-state index in [0.717, 1.165) is 11.1 Å². The third kappa shape index (κ3) is 2.19. The second-order valence-corrected chi connectivity index (χ2v) is 5.01. The van der Waals surface area contributed by atoms with Crippen LogP contribution in [0.15, 0.2) is 48.5 Å². The molecule has 0 unspecified atom stereocenters. The second-order valence-electron chi connectivity index (χ2n) is 5.01. The minimum absolute atomic E-state index is 0.182. The molecule has 0 fully saturated rings. The summed E-state index contributed by atoms with van der Waals surface area (Å²) in [4.78, 5) is 0. The maximum atomic E-state index is 10.1. The smallest absolute Gasteiger partial charge is 0.119 e. The molecule has 1 nitrogen and oxygen atoms in total. The van der Waals surface area contributed by atoms with Crippen LogP contribution in [0.25, 0.3) is 0 Å². The summed E-state index contributed by atoms with van der Waals surface area (Å²) in [5.74, 6) is 0.374. The van der Waals surface area contributed by atoms with Gasteiger partial charge in [-0.2, -0.15) is 0 Å². The lowest BCUT2D eigenvalue weighted by Gasteiger charge is -2.27. The van der Waals surface area contributed by atoms with Crippen molar-refractivity contribution < 1.29 is 5.11 Å². The van der Waals surface area contributed by atoms with E-state index in [1.54, 1.807) is 0 Å². The molecule has 0 atom stereocenters. The van der Waals surface area contributed by atoms with Crippen molar-refractivity contribution in [1.82, 2.24) is 0 Å². The monoisotopic (exact) mass is 226 g/mol. The summed E-state index contributed by atoms with van der Waals surface area (Å²) in [7, 11) is 0. The van der Waals surface area contributed by atoms with Crippen LogP contribution in [-0.2, 0) is 5.41 Å². The molecule has 0 aliphatic heterocycles. The lowest BCUT2D eigenvalue weighted by Crippen LogP contribution is -2.18. The molecule has 0 aliphatic carbocycles. The van der Waals surface area contributed by atoms with E-state index in [-0.39, 0.29) is 5.41 Å². The van der Waals surface area contributed by atoms with Gasteiger partial charge in [0.2, 0.25) is 0 Å². The topological polar surface area (TPSA) is 20.2 Å². The molecule has 1 N–H and O–H groups in total. The third-order valence-corrected chi connectivity index (χ3v) is 3.32. The summed E-state index contributed by atoms with van der Waals surface area (Å²) >= 11 is 0. The summed E-state index contributed by atoms with van der Waals surface area (Å²) in [6.45, 7) is 6.25. The SMILES string of the molecule is Cc1ccc(C(C)(C)c2ccccc2)c(O)c1. The van der Waals surface area contributed by atoms with Crippen molar-refractivity contribution in [3.63, 3.8) is 0 Å². The van der Waals surface area contributed by atoms with Gasteiger partial charge < -0.3 is 5.11 Å². The molecule has 0 bridgehead atoms. The quantitative estimate of drug-likeness (QED) is 0.819. The van der Waals surface area contributed by atoms with Gasteiger partial charge in [-0.1, -0.05) is 56.3 Å². The first-order valence-electron chi connectivity index (χ1n) is 5.87. The van der Waals surface area contributed by atoms with Crippen LogP contribution in [0, 0.1) is 6.92 Å². The number of aromatic hydroxyl groups is 1. The fourth-order valence-electron chi connectivity index (χ4n) is 2.18. The molecule has 0 spiro atoms. The predicted molar refractivity (Wildman–Crippen MR) is 71.4 cm³/mol. The van der Waals surface area contributed by atoms with Crippen molar-refractivity contribution in [2.24, 2.45) is 0 Å². The number of hydrogen-bond donors (Lipinski definition) is 1. The molecule has 88 valence electrons. The average Bonchev–Trinajstić information content (AvgIpc) is 2.29. The van der Waals surface area contributed by atoms with E-state index in [2.05, 4.69) is 26.0 Å². The van der Waals surface area contributed by atoms with Gasteiger partial charge in [-0.3, -0.25) is 0 Å². The fourth-order valence-corrected chi connectivity index (χ4v) is 2.18. The summed E-state index contributed by atoms with van der Waals surface area (Å²) < 4.78 is 0. The highest BCUT2D eigenvalue weighted by molar-refractivity contribution is 5.46. The van der Waals surface area contributed by atoms with Crippen LogP contribution in [0.3, 0.4) is 0 Å². The lowest BCUT2D eigenvalue weighted by atomic mass is 9.77. The summed E-state index contributed by atoms with van der Waals surface area (Å²) in [5.41, 5.74) is 3.07. The van der Waals surface area contributed by atoms with Crippen LogP contribution >= 0.6 is 0 Å². The van der Waals surface area contributed by atoms with Crippen molar-refractivity contribution >= 4 is 0 Å². The largest absolute Gasteiger partial charge is 0.508 e. The Balaban J connectivity index is 2.52. The van der Waals surface area contributed by atoms with Crippen LogP contribution < -0.4 is 0 Å². The van der Waals surface area contributed by atoms with Crippen molar-refractivity contribution in [2.45, 2.75) is 26.2 Å². The Bertz CT molecular complexity index is 512. The molecule has 17 heavy (non-hydrogen) atoms. The van der Waals surface area contributed by atoms with Gasteiger partial charge >= 0.3 is 0 Å². The van der Waals surface area contributed by atoms with E-state index in [0.29, 0.717) is 5.75 Å². The fraction of sp³-hybridized carbons (Fsp3) is 0.250. The van der Waals surface area contributed by atoms with Crippen LogP contribution in [0.2, 0.25) is 0 Å². The van der Waals surface area contributed by atoms with E-state index in [1.807, 2.05) is 43.3 Å². The molecule has 1 heteroatoms. The third-order valence-electron chi connectivity index (χ3n) is 3.32. The molecule has 0 radical (unpaired) electrons. The first-order chi connectivity index (χ1) is 8.01. The first-order valence-corrected chi connectivity index (χ1v) is 5.87. The Hall–Kier alpha value is -1.76. The van der Waals surface area contributed by atoms with Gasteiger partial charge in [0, 0.05) is 11.0 Å². The molecule has 0 amide bonds. The van der Waals surface area contributed by atoms with Gasteiger partial charge in [0.15, 0.2) is 0 Å². The van der Waals surface area contributed by atoms with Crippen LogP contribution in [0.4, 0.5) is 0 Å². The van der Waals surface area contributed by atoms with Gasteiger partial charge in [0.05, 0.1) is 0 Å². The van der Waals surface area contributed by atoms with Crippen molar-refractivity contribution in [2.75, 3.05) is 0 Å². The normalized spacial score (nSPS) is 11.5. The number of aryl methyl sites for hydroxylation is 1. The minimum Gasteiger partial charge on any atom is -0.508 e. The first kappa shape index (κ1) is 11.7. The molecule has 2 aromatic rings. The van der Waals surface area contributed by atoms with Crippen molar-refractivity contribution in [3.8, 4) is 5.75 Å². The van der Waals surface area contributed by atoms with E-state index in [1.165, 1.54) is 5.56 Å². The molecule has 0 saturated carbocycles. The molecule has 0 heterocycles. The van der Waals surface area contributed by atoms with E-state index in [9.17, 15) is 5.11 Å². The average molecular weight is 226 g/mol. The molecular weight excluding hydrogens is 208 g/mol. The Kier molecular flexibility index (Phi) is 2.93. The number of hydrogen-bond acceptors (Lipinski definition) is 1. The van der Waals surface area contributed by atoms with Gasteiger partial charge in [-0.15, -0.1) is 0 Å². The van der Waals surface area contributed by atoms with E-state index in [4.69, 9.17) is 0 Å². The van der Waals surface area contributed by atoms with Gasteiger partial charge in [0.1, 0.15) is 5.75 Å². The van der Waals surface area contributed by atoms with Gasteiger partial charge in [-0.25, -0.2) is 0 Å². The molecule has 0 aromatic heterocycles. The lowest BCUT2D eigenvalue weighted by molar-refractivity contribution is 0.452. The molecule has 0 saturated heterocycles. The predicted octanol–water partition coefficient (Wildman–Crippen LogP) is 4.03. The summed E-state index contributed by atoms with van der Waals surface area (Å²) in [6.07, 6.45) is 0. The maximum Gasteiger partial charge on any atom is 0.119 e. The highest BCUT2D eigenvalue weighted by Gasteiger charge is 2.25. The zero-order valence-corrected chi connectivity index (χ0v) is 10.6. The van der Waals surface area contributed by atoms with Crippen LogP contribution in [0.1, 0.15) is 30.5 Å². The highest BCUT2D eigenvalue weighted by Crippen LogP contribution is 2.36. The number of phenolic OH excluding ortho intramolecular Hbond substituents is 1. The van der Waals surface area contributed by atoms with Gasteiger partial charge in [-0.05, 0) is 24.1 Å². The second kappa shape index (κ2) is 4.25. The van der Waals surface area contributed by atoms with Crippen LogP contribution in [-0.4, -0.2) is 5.11 Å². The Morgan fingerprint density at radius 2 is 1.59 bits per heavy atom. The van der Waals surface area contributed by atoms with Crippen molar-refractivity contribution in [1.29, 1.82) is 0 Å². The maximum absolute atomic E-state index is 10.1. The number of benzene rings is 2. The molecular formula is C16H18O. The van der Waals surface area contributed by atoms with Crippen LogP contribution in [0.5, 0.6) is 5.75 Å². The highest BCUT2D eigenvalue weighted by atomic mass is 16.3. The summed E-state index contributed by atoms with van der Waals surface area (Å²) in [6, 6.07) is 16.1. The Morgan fingerprint density at radius 3 is 2.18 bits per heavy atom. The minimum atomic E-state index is -0.182. The van der Waals surface area contributed by atoms with Gasteiger partial charge in [0.25, 0.3) is 0 Å². The Labute approximate surface area is 103 Å². The summed E-state index contributed by atoms with van der Waals surface area (Å²) in [5, 5.41) is 10.1. The zero-order valence-electron chi connectivity index (χ0n) is 10.6. The standard InChI is InChI=1S/C16H18O/c1-12-9-10-14(15(17)11-12)16(2,3)13-7-5-4-6-8-13/h4-11,17H,1-3H3. The molecule has 2 aromatic carbocycles. The van der Waals surface area contributed by atoms with E-state index < -0.39 is 0 Å². The molecule has 2 rings (SSSR count). The number of rotatable bonds is 2. The van der Waals surface area contributed by atoms with E-state index >= 15 is 0 Å². The Morgan fingerprint density at radius 1 is 0.941 bits per heavy atom. The number of phenols is 1. The molecule has 0 aliphatic rings. The van der Waals surface area contributed by atoms with Crippen molar-refractivity contribution in [3.05, 3.63) is 65.2 Å².